The molecule has 0 aliphatic carbocycles. The van der Waals surface area contributed by atoms with Gasteiger partial charge in [-0.25, -0.2) is 19.9 Å². The molecule has 0 spiro atoms. The molecule has 0 unspecified atom stereocenters. The fourth-order valence-electron chi connectivity index (χ4n) is 6.41. The number of hydrogen-bond acceptors (Lipinski definition) is 10. The number of piperidine rings is 2. The van der Waals surface area contributed by atoms with Gasteiger partial charge in [0.25, 0.3) is 0 Å². The van der Waals surface area contributed by atoms with Crippen molar-refractivity contribution in [2.45, 2.75) is 31.3 Å². The summed E-state index contributed by atoms with van der Waals surface area (Å²) in [6.45, 7) is 2.73. The van der Waals surface area contributed by atoms with Crippen LogP contribution in [0.25, 0.3) is 44.1 Å². The number of carbonyl (C=O) groups is 1. The van der Waals surface area contributed by atoms with Gasteiger partial charge in [-0.1, -0.05) is 72.8 Å². The van der Waals surface area contributed by atoms with Gasteiger partial charge in [-0.2, -0.15) is 0 Å². The minimum atomic E-state index is -0.936. The number of benzene rings is 4. The molecule has 50 heavy (non-hydrogen) atoms. The van der Waals surface area contributed by atoms with Crippen LogP contribution in [0.1, 0.15) is 25.7 Å². The van der Waals surface area contributed by atoms with E-state index in [1.165, 1.54) is 21.5 Å². The highest BCUT2D eigenvalue weighted by atomic mass is 16.3. The van der Waals surface area contributed by atoms with Gasteiger partial charge < -0.3 is 20.4 Å². The van der Waals surface area contributed by atoms with Crippen molar-refractivity contribution in [1.82, 2.24) is 19.9 Å². The number of nitrogens with one attached hydrogen (secondary N) is 1. The van der Waals surface area contributed by atoms with Gasteiger partial charge in [0.1, 0.15) is 11.4 Å². The van der Waals surface area contributed by atoms with Crippen LogP contribution in [0.4, 0.5) is 11.9 Å². The van der Waals surface area contributed by atoms with Crippen molar-refractivity contribution >= 4 is 39.2 Å². The van der Waals surface area contributed by atoms with E-state index < -0.39 is 5.60 Å². The molecule has 0 radical (unpaired) electrons. The number of nitroso groups, excluding NO2 is 1. The zero-order chi connectivity index (χ0) is 33.6. The standard InChI is InChI=1S/C20H20N4O2.C19H17N3O.H2O/c25-20(14-22-26)8-11-24(12-9-20)19-21-10-7-18(23-19)17-6-5-15-3-1-2-4-16(15)13-17;23-17-8-11-22(12-9-17)19-20-10-7-18(21-19)16-6-5-14-3-1-2-4-15(14)13-16;/h1-7,10,13,25H,8-9,11-12,14H2;1-7,10,13H,8-9,11-12H2;1H2. The topological polar surface area (TPSA) is 156 Å². The average Bonchev–Trinajstić information content (AvgIpc) is 3.15. The van der Waals surface area contributed by atoms with Crippen molar-refractivity contribution in [2.24, 2.45) is 0 Å². The van der Waals surface area contributed by atoms with Crippen molar-refractivity contribution in [3.05, 3.63) is 114 Å². The van der Waals surface area contributed by atoms with Gasteiger partial charge in [0.2, 0.25) is 18.4 Å². The highest BCUT2D eigenvalue weighted by Gasteiger charge is 2.36. The number of carbonyl (C=O) groups excluding carboxylic acids is 1. The smallest absolute Gasteiger partial charge is 0.225 e. The Kier molecular flexibility index (Phi) is 10.5. The average molecular weight is 670 g/mol. The highest BCUT2D eigenvalue weighted by Crippen LogP contribution is 2.28. The molecule has 4 heterocycles. The number of nitrogens with zero attached hydrogens (tertiary/aromatic N) is 6. The van der Waals surface area contributed by atoms with Crippen LogP contribution in [0.5, 0.6) is 0 Å². The molecule has 6 aromatic rings. The van der Waals surface area contributed by atoms with Gasteiger partial charge in [-0.05, 0) is 51.0 Å². The van der Waals surface area contributed by atoms with Crippen molar-refractivity contribution < 1.29 is 20.6 Å². The Balaban J connectivity index is 0.000000171. The number of anilines is 2. The van der Waals surface area contributed by atoms with Crippen LogP contribution in [0, 0.1) is 4.91 Å². The molecular formula is C39H39N7O4. The lowest BCUT2D eigenvalue weighted by atomic mass is 9.92. The van der Waals surface area contributed by atoms with Crippen molar-refractivity contribution in [3.63, 3.8) is 0 Å². The summed E-state index contributed by atoms with van der Waals surface area (Å²) in [5.74, 6) is 1.70. The molecular weight excluding hydrogens is 630 g/mol. The maximum atomic E-state index is 11.4. The highest BCUT2D eigenvalue weighted by molar-refractivity contribution is 5.88. The number of ketones is 1. The molecule has 11 heteroatoms. The van der Waals surface area contributed by atoms with Gasteiger partial charge in [0.15, 0.2) is 0 Å². The van der Waals surface area contributed by atoms with Crippen LogP contribution in [0.15, 0.2) is 109 Å². The van der Waals surface area contributed by atoms with Crippen LogP contribution >= 0.6 is 0 Å². The Hall–Kier alpha value is -5.65. The van der Waals surface area contributed by atoms with E-state index in [4.69, 9.17) is 9.97 Å². The molecule has 2 saturated heterocycles. The summed E-state index contributed by atoms with van der Waals surface area (Å²) < 4.78 is 0. The van der Waals surface area contributed by atoms with E-state index in [1.807, 2.05) is 41.6 Å². The van der Waals surface area contributed by atoms with E-state index in [0.717, 1.165) is 22.5 Å². The third-order valence-electron chi connectivity index (χ3n) is 9.36. The van der Waals surface area contributed by atoms with Crippen LogP contribution in [0.2, 0.25) is 0 Å². The number of aromatic nitrogens is 4. The molecule has 0 bridgehead atoms. The second-order valence-corrected chi connectivity index (χ2v) is 12.7. The van der Waals surface area contributed by atoms with E-state index in [1.54, 1.807) is 12.4 Å². The van der Waals surface area contributed by atoms with E-state index in [2.05, 4.69) is 80.4 Å². The van der Waals surface area contributed by atoms with E-state index in [0.29, 0.717) is 69.5 Å². The number of fused-ring (bicyclic) bond motifs is 2. The Labute approximate surface area is 290 Å². The molecule has 2 aliphatic heterocycles. The second-order valence-electron chi connectivity index (χ2n) is 12.7. The SMILES string of the molecule is O=C1CCN(c2nccc(-c3ccc4ccccc4c3)n2)CC1.O=[NH+]CC1(O)CCN(c2nccc(-c3ccc4ccccc4c3)n2)CC1.[OH-]. The van der Waals surface area contributed by atoms with Crippen LogP contribution in [0.3, 0.4) is 0 Å². The summed E-state index contributed by atoms with van der Waals surface area (Å²) in [6, 6.07) is 33.1. The maximum absolute atomic E-state index is 11.4. The first kappa shape index (κ1) is 34.2. The molecule has 0 amide bonds. The third kappa shape index (κ3) is 7.80. The predicted octanol–water partition coefficient (Wildman–Crippen LogP) is 4.76. The number of aliphatic hydroxyl groups is 1. The lowest BCUT2D eigenvalue weighted by molar-refractivity contribution is -0.503. The normalized spacial score (nSPS) is 15.6. The lowest BCUT2D eigenvalue weighted by Gasteiger charge is -2.35. The third-order valence-corrected chi connectivity index (χ3v) is 9.36. The molecule has 11 nitrogen and oxygen atoms in total. The Morgan fingerprint density at radius 2 is 1.10 bits per heavy atom. The summed E-state index contributed by atoms with van der Waals surface area (Å²) in [6.07, 6.45) is 5.78. The Bertz CT molecular complexity index is 2110. The van der Waals surface area contributed by atoms with Crippen molar-refractivity contribution in [2.75, 3.05) is 42.5 Å². The van der Waals surface area contributed by atoms with Gasteiger partial charge in [0.05, 0.1) is 11.4 Å². The predicted molar refractivity (Wildman–Crippen MR) is 194 cm³/mol. The fraction of sp³-hybridized carbons (Fsp3) is 0.256. The van der Waals surface area contributed by atoms with Crippen LogP contribution < -0.4 is 15.0 Å². The molecule has 2 fully saturated rings. The van der Waals surface area contributed by atoms with Crippen LogP contribution in [-0.2, 0) is 4.79 Å². The molecule has 3 N–H and O–H groups in total. The summed E-state index contributed by atoms with van der Waals surface area (Å²) in [5.41, 5.74) is 2.99. The summed E-state index contributed by atoms with van der Waals surface area (Å²) >= 11 is 0. The number of Topliss-reactive ketones (excluding diaryl/α,β-unsaturated/α-hetero) is 1. The zero-order valence-corrected chi connectivity index (χ0v) is 27.7. The zero-order valence-electron chi connectivity index (χ0n) is 27.7. The fourth-order valence-corrected chi connectivity index (χ4v) is 6.41. The van der Waals surface area contributed by atoms with E-state index in [9.17, 15) is 14.8 Å². The van der Waals surface area contributed by atoms with E-state index in [-0.39, 0.29) is 12.0 Å². The van der Waals surface area contributed by atoms with Gasteiger partial charge in [-0.3, -0.25) is 4.79 Å². The molecule has 0 saturated carbocycles. The van der Waals surface area contributed by atoms with Crippen LogP contribution in [-0.4, -0.2) is 74.6 Å². The quantitative estimate of drug-likeness (QED) is 0.253. The first-order valence-corrected chi connectivity index (χ1v) is 16.7. The maximum Gasteiger partial charge on any atom is 0.225 e. The number of rotatable bonds is 6. The molecule has 254 valence electrons. The molecule has 2 aromatic heterocycles. The Morgan fingerprint density at radius 3 is 1.58 bits per heavy atom. The summed E-state index contributed by atoms with van der Waals surface area (Å²) in [5, 5.41) is 17.0. The van der Waals surface area contributed by atoms with Crippen molar-refractivity contribution in [3.8, 4) is 22.5 Å². The monoisotopic (exact) mass is 669 g/mol. The summed E-state index contributed by atoms with van der Waals surface area (Å²) in [7, 11) is 0. The second kappa shape index (κ2) is 15.3. The Morgan fingerprint density at radius 1 is 0.640 bits per heavy atom. The molecule has 2 aliphatic rings. The van der Waals surface area contributed by atoms with E-state index >= 15 is 0 Å². The summed E-state index contributed by atoms with van der Waals surface area (Å²) in [4.78, 5) is 44.3. The molecule has 0 atom stereocenters. The minimum absolute atomic E-state index is 0. The van der Waals surface area contributed by atoms with Gasteiger partial charge in [0, 0.05) is 80.3 Å². The largest absolute Gasteiger partial charge is 0.870 e. The number of hydrogen-bond donors (Lipinski definition) is 2. The molecule has 8 rings (SSSR count). The minimum Gasteiger partial charge on any atom is -0.870 e. The molecule has 4 aromatic carbocycles. The van der Waals surface area contributed by atoms with Gasteiger partial charge in [-0.15, -0.1) is 0 Å². The lowest BCUT2D eigenvalue weighted by Crippen LogP contribution is -2.72. The first-order valence-electron chi connectivity index (χ1n) is 16.7. The van der Waals surface area contributed by atoms with Gasteiger partial charge >= 0.3 is 0 Å². The van der Waals surface area contributed by atoms with Crippen molar-refractivity contribution in [1.29, 1.82) is 0 Å². The first-order chi connectivity index (χ1) is 24.0.